The Morgan fingerprint density at radius 2 is 1.93 bits per heavy atom. The SMILES string of the molecule is COc1cccc(C(=O)NCCc2nnc(NS(=O)(=O)c3ccc(Br)cc3)s2)c1. The second kappa shape index (κ2) is 9.33. The van der Waals surface area contributed by atoms with Crippen molar-refractivity contribution in [2.24, 2.45) is 0 Å². The molecule has 0 saturated carbocycles. The van der Waals surface area contributed by atoms with Gasteiger partial charge in [0.05, 0.1) is 12.0 Å². The van der Waals surface area contributed by atoms with Crippen molar-refractivity contribution >= 4 is 48.3 Å². The zero-order valence-corrected chi connectivity index (χ0v) is 18.5. The number of halogens is 1. The molecule has 11 heteroatoms. The van der Waals surface area contributed by atoms with Gasteiger partial charge < -0.3 is 10.1 Å². The molecule has 2 N–H and O–H groups in total. The van der Waals surface area contributed by atoms with Crippen LogP contribution in [0.15, 0.2) is 57.9 Å². The summed E-state index contributed by atoms with van der Waals surface area (Å²) < 4.78 is 33.1. The van der Waals surface area contributed by atoms with Crippen molar-refractivity contribution in [3.05, 3.63) is 63.6 Å². The lowest BCUT2D eigenvalue weighted by molar-refractivity contribution is 0.0953. The third kappa shape index (κ3) is 5.75. The van der Waals surface area contributed by atoms with Crippen LogP contribution in [-0.2, 0) is 16.4 Å². The smallest absolute Gasteiger partial charge is 0.263 e. The number of amides is 1. The average molecular weight is 497 g/mol. The van der Waals surface area contributed by atoms with Crippen LogP contribution < -0.4 is 14.8 Å². The molecule has 2 aromatic carbocycles. The number of hydrogen-bond acceptors (Lipinski definition) is 7. The Kier molecular flexibility index (Phi) is 6.83. The third-order valence-electron chi connectivity index (χ3n) is 3.77. The van der Waals surface area contributed by atoms with Gasteiger partial charge in [0.25, 0.3) is 15.9 Å². The minimum absolute atomic E-state index is 0.128. The average Bonchev–Trinajstić information content (AvgIpc) is 3.14. The maximum absolute atomic E-state index is 12.4. The summed E-state index contributed by atoms with van der Waals surface area (Å²) in [4.78, 5) is 12.3. The maximum Gasteiger partial charge on any atom is 0.263 e. The number of ether oxygens (including phenoxy) is 1. The largest absolute Gasteiger partial charge is 0.497 e. The molecule has 1 aromatic heterocycles. The van der Waals surface area contributed by atoms with Crippen molar-refractivity contribution in [2.75, 3.05) is 18.4 Å². The van der Waals surface area contributed by atoms with Crippen LogP contribution in [0, 0.1) is 0 Å². The second-order valence-corrected chi connectivity index (χ2v) is 9.46. The first-order valence-corrected chi connectivity index (χ1v) is 11.5. The molecule has 1 heterocycles. The predicted molar refractivity (Wildman–Crippen MR) is 114 cm³/mol. The molecule has 8 nitrogen and oxygen atoms in total. The number of nitrogens with zero attached hydrogens (tertiary/aromatic N) is 2. The van der Waals surface area contributed by atoms with Crippen LogP contribution in [0.25, 0.3) is 0 Å². The molecule has 3 rings (SSSR count). The standard InChI is InChI=1S/C18H17BrN4O4S2/c1-27-14-4-2-3-12(11-14)17(24)20-10-9-16-21-22-18(28-16)23-29(25,26)15-7-5-13(19)6-8-15/h2-8,11H,9-10H2,1H3,(H,20,24)(H,22,23). The van der Waals surface area contributed by atoms with Gasteiger partial charge in [-0.3, -0.25) is 9.52 Å². The van der Waals surface area contributed by atoms with Crippen molar-refractivity contribution in [1.82, 2.24) is 15.5 Å². The molecular weight excluding hydrogens is 480 g/mol. The van der Waals surface area contributed by atoms with E-state index in [1.807, 2.05) is 0 Å². The lowest BCUT2D eigenvalue weighted by atomic mass is 10.2. The van der Waals surface area contributed by atoms with Crippen LogP contribution in [0.4, 0.5) is 5.13 Å². The van der Waals surface area contributed by atoms with Gasteiger partial charge in [-0.1, -0.05) is 33.3 Å². The first kappa shape index (κ1) is 21.2. The molecule has 0 atom stereocenters. The van der Waals surface area contributed by atoms with Crippen LogP contribution in [0.3, 0.4) is 0 Å². The van der Waals surface area contributed by atoms with Crippen LogP contribution in [0.2, 0.25) is 0 Å². The van der Waals surface area contributed by atoms with E-state index < -0.39 is 10.0 Å². The Morgan fingerprint density at radius 1 is 1.17 bits per heavy atom. The summed E-state index contributed by atoms with van der Waals surface area (Å²) in [5, 5.41) is 11.4. The number of methoxy groups -OCH3 is 1. The number of rotatable bonds is 8. The van der Waals surface area contributed by atoms with E-state index >= 15 is 0 Å². The van der Waals surface area contributed by atoms with E-state index in [1.54, 1.807) is 36.4 Å². The summed E-state index contributed by atoms with van der Waals surface area (Å²) in [6.07, 6.45) is 0.424. The number of hydrogen-bond donors (Lipinski definition) is 2. The lowest BCUT2D eigenvalue weighted by Gasteiger charge is -2.05. The van der Waals surface area contributed by atoms with E-state index in [0.717, 1.165) is 15.8 Å². The minimum Gasteiger partial charge on any atom is -0.497 e. The summed E-state index contributed by atoms with van der Waals surface area (Å²) in [6.45, 7) is 0.337. The highest BCUT2D eigenvalue weighted by Gasteiger charge is 2.17. The Bertz CT molecular complexity index is 1100. The van der Waals surface area contributed by atoms with Gasteiger partial charge in [0, 0.05) is 23.0 Å². The number of nitrogens with one attached hydrogen (secondary N) is 2. The van der Waals surface area contributed by atoms with Crippen LogP contribution in [-0.4, -0.2) is 38.2 Å². The molecule has 3 aromatic rings. The predicted octanol–water partition coefficient (Wildman–Crippen LogP) is 3.08. The van der Waals surface area contributed by atoms with E-state index in [1.165, 1.54) is 19.2 Å². The summed E-state index contributed by atoms with van der Waals surface area (Å²) in [5.41, 5.74) is 0.490. The van der Waals surface area contributed by atoms with Crippen LogP contribution in [0.5, 0.6) is 5.75 Å². The van der Waals surface area contributed by atoms with Gasteiger partial charge in [-0.15, -0.1) is 10.2 Å². The summed E-state index contributed by atoms with van der Waals surface area (Å²) in [5.74, 6) is 0.369. The first-order chi connectivity index (χ1) is 13.9. The molecule has 0 aliphatic rings. The Hall–Kier alpha value is -2.50. The van der Waals surface area contributed by atoms with Gasteiger partial charge in [0.2, 0.25) is 5.13 Å². The Morgan fingerprint density at radius 3 is 2.66 bits per heavy atom. The zero-order valence-electron chi connectivity index (χ0n) is 15.3. The Balaban J connectivity index is 1.55. The van der Waals surface area contributed by atoms with Crippen molar-refractivity contribution in [1.29, 1.82) is 0 Å². The zero-order chi connectivity index (χ0) is 20.9. The minimum atomic E-state index is -3.74. The van der Waals surface area contributed by atoms with Gasteiger partial charge in [0.1, 0.15) is 10.8 Å². The van der Waals surface area contributed by atoms with Crippen molar-refractivity contribution in [3.8, 4) is 5.75 Å². The van der Waals surface area contributed by atoms with Gasteiger partial charge in [-0.25, -0.2) is 8.42 Å². The third-order valence-corrected chi connectivity index (χ3v) is 6.68. The molecule has 0 fully saturated rings. The van der Waals surface area contributed by atoms with E-state index in [4.69, 9.17) is 4.74 Å². The van der Waals surface area contributed by atoms with E-state index in [2.05, 4.69) is 36.2 Å². The lowest BCUT2D eigenvalue weighted by Crippen LogP contribution is -2.25. The van der Waals surface area contributed by atoms with E-state index in [-0.39, 0.29) is 15.9 Å². The van der Waals surface area contributed by atoms with Gasteiger partial charge in [-0.05, 0) is 42.5 Å². The fourth-order valence-corrected chi connectivity index (χ4v) is 4.57. The molecule has 1 amide bonds. The number of anilines is 1. The first-order valence-electron chi connectivity index (χ1n) is 8.40. The summed E-state index contributed by atoms with van der Waals surface area (Å²) in [6, 6.07) is 13.1. The van der Waals surface area contributed by atoms with Crippen LogP contribution >= 0.6 is 27.3 Å². The highest BCUT2D eigenvalue weighted by Crippen LogP contribution is 2.21. The van der Waals surface area contributed by atoms with Crippen LogP contribution in [0.1, 0.15) is 15.4 Å². The fraction of sp³-hybridized carbons (Fsp3) is 0.167. The quantitative estimate of drug-likeness (QED) is 0.495. The maximum atomic E-state index is 12.4. The fourth-order valence-electron chi connectivity index (χ4n) is 2.33. The van der Waals surface area contributed by atoms with E-state index in [0.29, 0.717) is 29.3 Å². The van der Waals surface area contributed by atoms with Gasteiger partial charge in [-0.2, -0.15) is 0 Å². The summed E-state index contributed by atoms with van der Waals surface area (Å²) in [7, 11) is -2.20. The molecule has 29 heavy (non-hydrogen) atoms. The van der Waals surface area contributed by atoms with E-state index in [9.17, 15) is 13.2 Å². The van der Waals surface area contributed by atoms with Crippen molar-refractivity contribution in [3.63, 3.8) is 0 Å². The molecule has 0 aliphatic carbocycles. The topological polar surface area (TPSA) is 110 Å². The molecule has 0 spiro atoms. The molecule has 152 valence electrons. The molecular formula is C18H17BrN4O4S2. The monoisotopic (exact) mass is 496 g/mol. The molecule has 0 radical (unpaired) electrons. The molecule has 0 aliphatic heterocycles. The van der Waals surface area contributed by atoms with Gasteiger partial charge in [0.15, 0.2) is 0 Å². The van der Waals surface area contributed by atoms with Gasteiger partial charge >= 0.3 is 0 Å². The second-order valence-electron chi connectivity index (χ2n) is 5.80. The highest BCUT2D eigenvalue weighted by atomic mass is 79.9. The number of benzene rings is 2. The number of carbonyl (C=O) groups is 1. The number of aromatic nitrogens is 2. The highest BCUT2D eigenvalue weighted by molar-refractivity contribution is 9.10. The summed E-state index contributed by atoms with van der Waals surface area (Å²) >= 11 is 4.38. The number of carbonyl (C=O) groups excluding carboxylic acids is 1. The molecule has 0 saturated heterocycles. The van der Waals surface area contributed by atoms with Crippen molar-refractivity contribution in [2.45, 2.75) is 11.3 Å². The number of sulfonamides is 1. The normalized spacial score (nSPS) is 11.1. The van der Waals surface area contributed by atoms with Crippen molar-refractivity contribution < 1.29 is 17.9 Å². The Labute approximate surface area is 180 Å². The molecule has 0 unspecified atom stereocenters. The molecule has 0 bridgehead atoms.